The highest BCUT2D eigenvalue weighted by Gasteiger charge is 2.07. The monoisotopic (exact) mass is 187 g/mol. The first-order valence-electron chi connectivity index (χ1n) is 4.29. The molecule has 4 heteroatoms. The van der Waals surface area contributed by atoms with Gasteiger partial charge >= 0.3 is 5.97 Å². The van der Waals surface area contributed by atoms with E-state index in [0.29, 0.717) is 18.4 Å². The van der Waals surface area contributed by atoms with Crippen LogP contribution in [-0.4, -0.2) is 28.3 Å². The molecule has 13 heavy (non-hydrogen) atoms. The second-order valence-corrected chi connectivity index (χ2v) is 3.17. The number of hydrogen-bond acceptors (Lipinski definition) is 3. The van der Waals surface area contributed by atoms with E-state index in [4.69, 9.17) is 15.9 Å². The maximum atomic E-state index is 10.4. The van der Waals surface area contributed by atoms with E-state index in [1.165, 1.54) is 6.92 Å². The molecule has 0 fully saturated rings. The molecule has 0 aliphatic heterocycles. The zero-order valence-corrected chi connectivity index (χ0v) is 8.03. The molecule has 0 saturated carbocycles. The van der Waals surface area contributed by atoms with Crippen LogP contribution in [0.25, 0.3) is 0 Å². The predicted molar refractivity (Wildman–Crippen MR) is 50.3 cm³/mol. The van der Waals surface area contributed by atoms with Crippen molar-refractivity contribution in [3.05, 3.63) is 11.6 Å². The third-order valence-electron chi connectivity index (χ3n) is 1.91. The lowest BCUT2D eigenvalue weighted by molar-refractivity contribution is -0.132. The smallest absolute Gasteiger partial charge is 0.330 e. The standard InChI is InChI=1S/C9H17NO3/c1-6(9(12)13)4-3-5-8(10)7(2)11/h4,7-8,11H,3,5,10H2,1-2H3,(H,12,13)/b6-4+. The SMILES string of the molecule is C/C(=C\CCC(N)C(C)O)C(=O)O. The first-order chi connectivity index (χ1) is 5.95. The first-order valence-corrected chi connectivity index (χ1v) is 4.29. The summed E-state index contributed by atoms with van der Waals surface area (Å²) < 4.78 is 0. The van der Waals surface area contributed by atoms with Crippen LogP contribution in [0.5, 0.6) is 0 Å². The van der Waals surface area contributed by atoms with E-state index in [1.54, 1.807) is 13.0 Å². The molecule has 0 saturated heterocycles. The Balaban J connectivity index is 3.79. The molecule has 0 radical (unpaired) electrons. The minimum absolute atomic E-state index is 0.280. The van der Waals surface area contributed by atoms with Crippen LogP contribution in [0.4, 0.5) is 0 Å². The van der Waals surface area contributed by atoms with Gasteiger partial charge < -0.3 is 15.9 Å². The summed E-state index contributed by atoms with van der Waals surface area (Å²) in [6.07, 6.45) is 2.26. The third kappa shape index (κ3) is 5.38. The maximum Gasteiger partial charge on any atom is 0.330 e. The van der Waals surface area contributed by atoms with E-state index in [2.05, 4.69) is 0 Å². The molecular formula is C9H17NO3. The fraction of sp³-hybridized carbons (Fsp3) is 0.667. The molecule has 0 aromatic rings. The van der Waals surface area contributed by atoms with Crippen LogP contribution >= 0.6 is 0 Å². The van der Waals surface area contributed by atoms with Crippen molar-refractivity contribution in [1.82, 2.24) is 0 Å². The second-order valence-electron chi connectivity index (χ2n) is 3.17. The molecule has 0 aromatic heterocycles. The zero-order chi connectivity index (χ0) is 10.4. The Labute approximate surface area is 78.1 Å². The molecular weight excluding hydrogens is 170 g/mol. The van der Waals surface area contributed by atoms with E-state index in [0.717, 1.165) is 0 Å². The van der Waals surface area contributed by atoms with Crippen molar-refractivity contribution >= 4 is 5.97 Å². The van der Waals surface area contributed by atoms with E-state index in [9.17, 15) is 4.79 Å². The Hall–Kier alpha value is -0.870. The highest BCUT2D eigenvalue weighted by molar-refractivity contribution is 5.85. The molecule has 0 spiro atoms. The van der Waals surface area contributed by atoms with Crippen LogP contribution in [0, 0.1) is 0 Å². The number of rotatable bonds is 5. The van der Waals surface area contributed by atoms with Crippen LogP contribution in [0.3, 0.4) is 0 Å². The van der Waals surface area contributed by atoms with Gasteiger partial charge in [-0.15, -0.1) is 0 Å². The van der Waals surface area contributed by atoms with Crippen LogP contribution in [0.15, 0.2) is 11.6 Å². The van der Waals surface area contributed by atoms with Crippen molar-refractivity contribution in [2.24, 2.45) is 5.73 Å². The molecule has 4 nitrogen and oxygen atoms in total. The minimum Gasteiger partial charge on any atom is -0.478 e. The van der Waals surface area contributed by atoms with E-state index in [-0.39, 0.29) is 6.04 Å². The average Bonchev–Trinajstić information content (AvgIpc) is 2.03. The molecule has 0 aromatic carbocycles. The molecule has 2 atom stereocenters. The van der Waals surface area contributed by atoms with E-state index >= 15 is 0 Å². The number of aliphatic carboxylic acids is 1. The molecule has 0 rings (SSSR count). The fourth-order valence-corrected chi connectivity index (χ4v) is 0.821. The topological polar surface area (TPSA) is 83.5 Å². The van der Waals surface area contributed by atoms with Crippen LogP contribution in [0.1, 0.15) is 26.7 Å². The number of hydrogen-bond donors (Lipinski definition) is 3. The summed E-state index contributed by atoms with van der Waals surface area (Å²) in [5.41, 5.74) is 5.87. The van der Waals surface area contributed by atoms with Gasteiger partial charge in [0.05, 0.1) is 6.10 Å². The summed E-state index contributed by atoms with van der Waals surface area (Å²) in [6.45, 7) is 3.16. The highest BCUT2D eigenvalue weighted by Crippen LogP contribution is 2.03. The summed E-state index contributed by atoms with van der Waals surface area (Å²) in [4.78, 5) is 10.4. The summed E-state index contributed by atoms with van der Waals surface area (Å²) in [6, 6.07) is -0.280. The Morgan fingerprint density at radius 1 is 1.62 bits per heavy atom. The van der Waals surface area contributed by atoms with Crippen molar-refractivity contribution in [2.45, 2.75) is 38.8 Å². The van der Waals surface area contributed by atoms with Crippen molar-refractivity contribution in [3.8, 4) is 0 Å². The highest BCUT2D eigenvalue weighted by atomic mass is 16.4. The Morgan fingerprint density at radius 3 is 2.54 bits per heavy atom. The van der Waals surface area contributed by atoms with Crippen molar-refractivity contribution in [2.75, 3.05) is 0 Å². The second kappa shape index (κ2) is 5.72. The van der Waals surface area contributed by atoms with Crippen molar-refractivity contribution < 1.29 is 15.0 Å². The van der Waals surface area contributed by atoms with Gasteiger partial charge in [0.1, 0.15) is 0 Å². The van der Waals surface area contributed by atoms with Gasteiger partial charge in [0.2, 0.25) is 0 Å². The molecule has 0 aliphatic rings. The van der Waals surface area contributed by atoms with Gasteiger partial charge in [0.15, 0.2) is 0 Å². The lowest BCUT2D eigenvalue weighted by Gasteiger charge is -2.12. The molecule has 0 aliphatic carbocycles. The lowest BCUT2D eigenvalue weighted by Crippen LogP contribution is -2.31. The molecule has 2 unspecified atom stereocenters. The van der Waals surface area contributed by atoms with E-state index < -0.39 is 12.1 Å². The van der Waals surface area contributed by atoms with Crippen LogP contribution in [0.2, 0.25) is 0 Å². The number of aliphatic hydroxyl groups is 1. The third-order valence-corrected chi connectivity index (χ3v) is 1.91. The van der Waals surface area contributed by atoms with Gasteiger partial charge in [-0.3, -0.25) is 0 Å². The van der Waals surface area contributed by atoms with Crippen molar-refractivity contribution in [3.63, 3.8) is 0 Å². The number of allylic oxidation sites excluding steroid dienone is 1. The maximum absolute atomic E-state index is 10.4. The predicted octanol–water partition coefficient (Wildman–Crippen LogP) is 0.506. The zero-order valence-electron chi connectivity index (χ0n) is 8.03. The molecule has 4 N–H and O–H groups in total. The van der Waals surface area contributed by atoms with Crippen LogP contribution < -0.4 is 5.73 Å². The first kappa shape index (κ1) is 12.1. The Morgan fingerprint density at radius 2 is 2.15 bits per heavy atom. The summed E-state index contributed by atoms with van der Waals surface area (Å²) in [5.74, 6) is -0.911. The molecule has 0 bridgehead atoms. The minimum atomic E-state index is -0.911. The lowest BCUT2D eigenvalue weighted by atomic mass is 10.1. The molecule has 0 amide bonds. The van der Waals surface area contributed by atoms with Gasteiger partial charge in [-0.25, -0.2) is 4.79 Å². The van der Waals surface area contributed by atoms with Gasteiger partial charge in [0, 0.05) is 11.6 Å². The van der Waals surface area contributed by atoms with Gasteiger partial charge in [-0.2, -0.15) is 0 Å². The molecule has 0 heterocycles. The van der Waals surface area contributed by atoms with Crippen molar-refractivity contribution in [1.29, 1.82) is 0 Å². The van der Waals surface area contributed by atoms with Crippen LogP contribution in [-0.2, 0) is 4.79 Å². The Kier molecular flexibility index (Phi) is 5.34. The van der Waals surface area contributed by atoms with Gasteiger partial charge in [0.25, 0.3) is 0 Å². The number of carboxylic acids is 1. The summed E-state index contributed by atoms with van der Waals surface area (Å²) >= 11 is 0. The molecule has 76 valence electrons. The quantitative estimate of drug-likeness (QED) is 0.547. The van der Waals surface area contributed by atoms with Gasteiger partial charge in [-0.1, -0.05) is 6.08 Å². The number of carboxylic acid groups (broad SMARTS) is 1. The summed E-state index contributed by atoms with van der Waals surface area (Å²) in [5, 5.41) is 17.5. The van der Waals surface area contributed by atoms with Gasteiger partial charge in [-0.05, 0) is 26.7 Å². The summed E-state index contributed by atoms with van der Waals surface area (Å²) in [7, 11) is 0. The fourth-order valence-electron chi connectivity index (χ4n) is 0.821. The number of aliphatic hydroxyl groups excluding tert-OH is 1. The average molecular weight is 187 g/mol. The number of nitrogens with two attached hydrogens (primary N) is 1. The van der Waals surface area contributed by atoms with E-state index in [1.807, 2.05) is 0 Å². The largest absolute Gasteiger partial charge is 0.478 e. The Bertz CT molecular complexity index is 199. The number of carbonyl (C=O) groups is 1. The normalized spacial score (nSPS) is 16.8.